The summed E-state index contributed by atoms with van der Waals surface area (Å²) in [7, 11) is 0. The average Bonchev–Trinajstić information content (AvgIpc) is 3.61. The van der Waals surface area contributed by atoms with E-state index in [4.69, 9.17) is 18.9 Å². The molecule has 17 atom stereocenters. The molecule has 298 valence electrons. The van der Waals surface area contributed by atoms with Crippen LogP contribution in [-0.2, 0) is 28.5 Å². The Morgan fingerprint density at radius 1 is 0.904 bits per heavy atom. The summed E-state index contributed by atoms with van der Waals surface area (Å²) in [5.74, 6) is -0.276. The van der Waals surface area contributed by atoms with Crippen LogP contribution in [0.2, 0.25) is 0 Å². The fourth-order valence-corrected chi connectivity index (χ4v) is 13.8. The SMILES string of the molecule is CC(=O)OC1C(O)C(CO)OC(OC2CC3C(C)(C)C(OC(C)=O)CCC3(C)C3CCC45CC4(CCC5C(C)CC(O)C(O)C(C)(C)O)C23C)C1O. The Kier molecular flexibility index (Phi) is 10.4. The Hall–Kier alpha value is -1.38. The lowest BCUT2D eigenvalue weighted by molar-refractivity contribution is -0.344. The van der Waals surface area contributed by atoms with Crippen LogP contribution in [0.3, 0.4) is 0 Å². The van der Waals surface area contributed by atoms with Gasteiger partial charge in [-0.2, -0.15) is 0 Å². The van der Waals surface area contributed by atoms with Gasteiger partial charge in [0.1, 0.15) is 30.5 Å². The average molecular weight is 739 g/mol. The summed E-state index contributed by atoms with van der Waals surface area (Å²) in [6.45, 7) is 16.4. The van der Waals surface area contributed by atoms with Crippen molar-refractivity contribution in [2.75, 3.05) is 6.61 Å². The minimum absolute atomic E-state index is 0.00246. The van der Waals surface area contributed by atoms with Gasteiger partial charge in [-0.1, -0.05) is 34.6 Å². The van der Waals surface area contributed by atoms with Crippen molar-refractivity contribution in [3.05, 3.63) is 0 Å². The first kappa shape index (κ1) is 40.3. The predicted molar refractivity (Wildman–Crippen MR) is 188 cm³/mol. The molecule has 0 spiro atoms. The molecule has 6 N–H and O–H groups in total. The first-order valence-corrected chi connectivity index (χ1v) is 19.7. The van der Waals surface area contributed by atoms with Crippen molar-refractivity contribution in [3.8, 4) is 0 Å². The molecule has 0 aromatic heterocycles. The van der Waals surface area contributed by atoms with Crippen LogP contribution in [-0.4, -0.2) is 110 Å². The smallest absolute Gasteiger partial charge is 0.303 e. The van der Waals surface area contributed by atoms with Gasteiger partial charge < -0.3 is 49.6 Å². The van der Waals surface area contributed by atoms with E-state index >= 15 is 0 Å². The van der Waals surface area contributed by atoms with Crippen molar-refractivity contribution in [1.29, 1.82) is 0 Å². The highest BCUT2D eigenvalue weighted by Gasteiger charge is 2.85. The van der Waals surface area contributed by atoms with Gasteiger partial charge in [-0.15, -0.1) is 0 Å². The molecule has 6 aliphatic rings. The lowest BCUT2D eigenvalue weighted by atomic mass is 9.37. The normalized spacial score (nSPS) is 48.2. The molecule has 1 saturated heterocycles. The molecule has 5 aliphatic carbocycles. The summed E-state index contributed by atoms with van der Waals surface area (Å²) in [5, 5.41) is 64.8. The van der Waals surface area contributed by atoms with Gasteiger partial charge in [-0.05, 0) is 112 Å². The molecule has 0 bridgehead atoms. The molecular formula is C40H66O12. The second-order valence-electron chi connectivity index (χ2n) is 19.5. The monoisotopic (exact) mass is 738 g/mol. The maximum absolute atomic E-state index is 12.3. The van der Waals surface area contributed by atoms with E-state index in [-0.39, 0.29) is 51.5 Å². The quantitative estimate of drug-likeness (QED) is 0.142. The van der Waals surface area contributed by atoms with E-state index in [0.717, 1.165) is 44.9 Å². The number of aliphatic hydroxyl groups is 6. The van der Waals surface area contributed by atoms with Crippen LogP contribution >= 0.6 is 0 Å². The van der Waals surface area contributed by atoms with Crippen molar-refractivity contribution in [3.63, 3.8) is 0 Å². The molecule has 6 fully saturated rings. The molecule has 1 aliphatic heterocycles. The van der Waals surface area contributed by atoms with Crippen LogP contribution in [0.5, 0.6) is 0 Å². The number of ether oxygens (including phenoxy) is 4. The van der Waals surface area contributed by atoms with Gasteiger partial charge in [-0.3, -0.25) is 9.59 Å². The second kappa shape index (κ2) is 13.4. The van der Waals surface area contributed by atoms with Gasteiger partial charge in [-0.25, -0.2) is 0 Å². The first-order chi connectivity index (χ1) is 24.0. The summed E-state index contributed by atoms with van der Waals surface area (Å²) >= 11 is 0. The highest BCUT2D eigenvalue weighted by atomic mass is 16.7. The van der Waals surface area contributed by atoms with E-state index in [1.165, 1.54) is 27.7 Å². The fraction of sp³-hybridized carbons (Fsp3) is 0.950. The molecule has 17 unspecified atom stereocenters. The Labute approximate surface area is 308 Å². The zero-order chi connectivity index (χ0) is 38.6. The van der Waals surface area contributed by atoms with E-state index in [9.17, 15) is 40.2 Å². The number of fused-ring (bicyclic) bond motifs is 3. The van der Waals surface area contributed by atoms with E-state index in [0.29, 0.717) is 18.8 Å². The molecule has 1 heterocycles. The number of carbonyl (C=O) groups is 2. The minimum atomic E-state index is -1.50. The first-order valence-electron chi connectivity index (χ1n) is 19.7. The Bertz CT molecular complexity index is 1360. The molecule has 0 aromatic carbocycles. The van der Waals surface area contributed by atoms with Gasteiger partial charge in [0.2, 0.25) is 0 Å². The Morgan fingerprint density at radius 3 is 2.15 bits per heavy atom. The third-order valence-electron chi connectivity index (χ3n) is 16.2. The van der Waals surface area contributed by atoms with Gasteiger partial charge in [0, 0.05) is 24.7 Å². The van der Waals surface area contributed by atoms with Crippen LogP contribution in [0.1, 0.15) is 120 Å². The predicted octanol–water partition coefficient (Wildman–Crippen LogP) is 3.24. The number of esters is 2. The number of hydrogen-bond acceptors (Lipinski definition) is 12. The summed E-state index contributed by atoms with van der Waals surface area (Å²) in [6.07, 6.45) is -2.15. The summed E-state index contributed by atoms with van der Waals surface area (Å²) < 4.78 is 24.5. The van der Waals surface area contributed by atoms with Crippen molar-refractivity contribution >= 4 is 11.9 Å². The zero-order valence-corrected chi connectivity index (χ0v) is 32.7. The Balaban J connectivity index is 1.37. The lowest BCUT2D eigenvalue weighted by Crippen LogP contribution is -2.68. The van der Waals surface area contributed by atoms with Crippen LogP contribution < -0.4 is 0 Å². The molecule has 6 rings (SSSR count). The largest absolute Gasteiger partial charge is 0.462 e. The molecule has 52 heavy (non-hydrogen) atoms. The highest BCUT2D eigenvalue weighted by Crippen LogP contribution is 2.91. The van der Waals surface area contributed by atoms with Crippen LogP contribution in [0.4, 0.5) is 0 Å². The molecule has 0 amide bonds. The number of carbonyl (C=O) groups excluding carboxylic acids is 2. The molecule has 0 aromatic rings. The second-order valence-corrected chi connectivity index (χ2v) is 19.5. The molecule has 0 radical (unpaired) electrons. The molecule has 12 nitrogen and oxygen atoms in total. The van der Waals surface area contributed by atoms with Gasteiger partial charge in [0.15, 0.2) is 12.4 Å². The topological polar surface area (TPSA) is 192 Å². The number of rotatable bonds is 10. The minimum Gasteiger partial charge on any atom is -0.462 e. The fourth-order valence-electron chi connectivity index (χ4n) is 13.8. The van der Waals surface area contributed by atoms with Gasteiger partial charge >= 0.3 is 11.9 Å². The number of hydrogen-bond donors (Lipinski definition) is 6. The maximum atomic E-state index is 12.3. The third kappa shape index (κ3) is 5.91. The number of aliphatic hydroxyl groups excluding tert-OH is 5. The Morgan fingerprint density at radius 2 is 1.56 bits per heavy atom. The van der Waals surface area contributed by atoms with Gasteiger partial charge in [0.25, 0.3) is 0 Å². The molecule has 5 saturated carbocycles. The van der Waals surface area contributed by atoms with E-state index in [1.807, 2.05) is 0 Å². The maximum Gasteiger partial charge on any atom is 0.303 e. The van der Waals surface area contributed by atoms with Crippen molar-refractivity contribution < 1.29 is 59.2 Å². The van der Waals surface area contributed by atoms with Crippen molar-refractivity contribution in [2.45, 2.75) is 181 Å². The highest BCUT2D eigenvalue weighted by molar-refractivity contribution is 5.66. The molecular weight excluding hydrogens is 672 g/mol. The van der Waals surface area contributed by atoms with Crippen LogP contribution in [0.15, 0.2) is 0 Å². The third-order valence-corrected chi connectivity index (χ3v) is 16.2. The summed E-state index contributed by atoms with van der Waals surface area (Å²) in [6, 6.07) is 0. The van der Waals surface area contributed by atoms with Gasteiger partial charge in [0.05, 0.1) is 24.4 Å². The van der Waals surface area contributed by atoms with E-state index < -0.39 is 72.6 Å². The van der Waals surface area contributed by atoms with E-state index in [1.54, 1.807) is 0 Å². The molecule has 12 heteroatoms. The lowest BCUT2D eigenvalue weighted by Gasteiger charge is -2.69. The van der Waals surface area contributed by atoms with Crippen molar-refractivity contribution in [1.82, 2.24) is 0 Å². The van der Waals surface area contributed by atoms with Crippen molar-refractivity contribution in [2.24, 2.45) is 50.7 Å². The van der Waals surface area contributed by atoms with Crippen LogP contribution in [0, 0.1) is 50.7 Å². The van der Waals surface area contributed by atoms with Crippen LogP contribution in [0.25, 0.3) is 0 Å². The zero-order valence-electron chi connectivity index (χ0n) is 32.7. The summed E-state index contributed by atoms with van der Waals surface area (Å²) in [4.78, 5) is 24.3. The van der Waals surface area contributed by atoms with E-state index in [2.05, 4.69) is 34.6 Å². The standard InChI is InChI=1S/C40H66O12/c1-20(16-24(44)33(47)36(6,7)48)23-10-15-40-19-39(23,40)14-11-26-37(8)13-12-28(49-21(2)42)35(4,5)27(37)17-29(38(26,40)9)52-34-31(46)32(50-22(3)43)30(45)25(18-41)51-34/h20,23-34,41,44-48H,10-19H2,1-9H3. The summed E-state index contributed by atoms with van der Waals surface area (Å²) in [5.41, 5.74) is -2.40.